The van der Waals surface area contributed by atoms with Crippen LogP contribution in [0, 0.1) is 0 Å². The summed E-state index contributed by atoms with van der Waals surface area (Å²) in [7, 11) is -7.38. The van der Waals surface area contributed by atoms with E-state index in [4.69, 9.17) is 4.74 Å². The van der Waals surface area contributed by atoms with E-state index in [0.717, 1.165) is 5.56 Å². The zero-order chi connectivity index (χ0) is 25.2. The molecule has 2 fully saturated rings. The fraction of sp³-hybridized carbons (Fsp3) is 0.458. The van der Waals surface area contributed by atoms with Crippen LogP contribution >= 0.6 is 0 Å². The number of rotatable bonds is 6. The Kier molecular flexibility index (Phi) is 7.62. The summed E-state index contributed by atoms with van der Waals surface area (Å²) in [5, 5.41) is 0. The number of hydrogen-bond donors (Lipinski definition) is 0. The lowest BCUT2D eigenvalue weighted by molar-refractivity contribution is 0.0697. The van der Waals surface area contributed by atoms with Gasteiger partial charge in [-0.3, -0.25) is 4.79 Å². The van der Waals surface area contributed by atoms with Crippen LogP contribution in [0.3, 0.4) is 0 Å². The maximum Gasteiger partial charge on any atom is 0.253 e. The van der Waals surface area contributed by atoms with Crippen LogP contribution < -0.4 is 0 Å². The van der Waals surface area contributed by atoms with Crippen molar-refractivity contribution in [1.82, 2.24) is 13.5 Å². The molecule has 2 aliphatic heterocycles. The van der Waals surface area contributed by atoms with Gasteiger partial charge in [-0.1, -0.05) is 32.0 Å². The number of piperazine rings is 1. The molecule has 2 aromatic rings. The van der Waals surface area contributed by atoms with Gasteiger partial charge >= 0.3 is 0 Å². The van der Waals surface area contributed by atoms with Gasteiger partial charge in [0.15, 0.2) is 0 Å². The smallest absolute Gasteiger partial charge is 0.253 e. The molecule has 0 aromatic heterocycles. The third kappa shape index (κ3) is 5.44. The van der Waals surface area contributed by atoms with Crippen LogP contribution in [0.4, 0.5) is 0 Å². The van der Waals surface area contributed by atoms with Crippen molar-refractivity contribution in [2.75, 3.05) is 52.5 Å². The summed E-state index contributed by atoms with van der Waals surface area (Å²) in [5.41, 5.74) is 1.33. The number of morpholine rings is 1. The highest BCUT2D eigenvalue weighted by Crippen LogP contribution is 2.23. The number of carbonyl (C=O) groups excluding carboxylic acids is 1. The van der Waals surface area contributed by atoms with Crippen molar-refractivity contribution in [3.63, 3.8) is 0 Å². The highest BCUT2D eigenvalue weighted by atomic mass is 32.2. The molecule has 0 N–H and O–H groups in total. The molecule has 0 spiro atoms. The molecule has 0 radical (unpaired) electrons. The van der Waals surface area contributed by atoms with E-state index in [-0.39, 0.29) is 60.5 Å². The minimum Gasteiger partial charge on any atom is -0.379 e. The van der Waals surface area contributed by atoms with Gasteiger partial charge in [0.1, 0.15) is 0 Å². The molecule has 2 saturated heterocycles. The van der Waals surface area contributed by atoms with E-state index in [0.29, 0.717) is 19.1 Å². The van der Waals surface area contributed by atoms with Gasteiger partial charge in [0.25, 0.3) is 5.91 Å². The Morgan fingerprint density at radius 3 is 1.94 bits per heavy atom. The van der Waals surface area contributed by atoms with Crippen LogP contribution in [0.5, 0.6) is 0 Å². The van der Waals surface area contributed by atoms with Crippen molar-refractivity contribution in [2.45, 2.75) is 29.6 Å². The van der Waals surface area contributed by atoms with Gasteiger partial charge in [0, 0.05) is 44.8 Å². The van der Waals surface area contributed by atoms with Gasteiger partial charge < -0.3 is 9.64 Å². The zero-order valence-electron chi connectivity index (χ0n) is 20.0. The average Bonchev–Trinajstić information content (AvgIpc) is 2.89. The number of benzene rings is 2. The molecule has 2 heterocycles. The summed E-state index contributed by atoms with van der Waals surface area (Å²) in [6.07, 6.45) is 0. The Morgan fingerprint density at radius 1 is 0.771 bits per heavy atom. The lowest BCUT2D eigenvalue weighted by Crippen LogP contribution is -2.50. The summed E-state index contributed by atoms with van der Waals surface area (Å²) in [6.45, 7) is 6.12. The molecule has 11 heteroatoms. The Hall–Kier alpha value is -2.31. The highest BCUT2D eigenvalue weighted by Gasteiger charge is 2.31. The molecule has 0 saturated carbocycles. The summed E-state index contributed by atoms with van der Waals surface area (Å²) >= 11 is 0. The topological polar surface area (TPSA) is 104 Å². The second kappa shape index (κ2) is 10.4. The largest absolute Gasteiger partial charge is 0.379 e. The molecule has 0 aliphatic carbocycles. The van der Waals surface area contributed by atoms with E-state index >= 15 is 0 Å². The van der Waals surface area contributed by atoms with Gasteiger partial charge in [-0.2, -0.15) is 8.61 Å². The minimum atomic E-state index is -3.72. The number of ether oxygens (including phenoxy) is 1. The van der Waals surface area contributed by atoms with Gasteiger partial charge in [0.2, 0.25) is 20.0 Å². The summed E-state index contributed by atoms with van der Waals surface area (Å²) in [4.78, 5) is 15.0. The van der Waals surface area contributed by atoms with Crippen LogP contribution in [0.1, 0.15) is 35.7 Å². The standard InChI is InChI=1S/C24H31N3O6S2/c1-19(2)20-6-8-22(9-7-20)34(29,30)26-12-10-25(11-13-26)24(28)21-4-3-5-23(18-21)35(31,32)27-14-16-33-17-15-27/h3-9,18-19H,10-17H2,1-2H3. The van der Waals surface area contributed by atoms with Crippen LogP contribution in [0.2, 0.25) is 0 Å². The molecule has 0 atom stereocenters. The Labute approximate surface area is 207 Å². The Balaban J connectivity index is 1.43. The predicted octanol–water partition coefficient (Wildman–Crippen LogP) is 1.98. The van der Waals surface area contributed by atoms with E-state index in [2.05, 4.69) is 0 Å². The normalized spacial score (nSPS) is 18.7. The van der Waals surface area contributed by atoms with Gasteiger partial charge in [-0.15, -0.1) is 0 Å². The first-order valence-electron chi connectivity index (χ1n) is 11.7. The van der Waals surface area contributed by atoms with Crippen LogP contribution in [-0.4, -0.2) is 88.7 Å². The second-order valence-electron chi connectivity index (χ2n) is 8.96. The van der Waals surface area contributed by atoms with Crippen molar-refractivity contribution < 1.29 is 26.4 Å². The summed E-state index contributed by atoms with van der Waals surface area (Å²) in [5.74, 6) is -0.00830. The molecule has 0 unspecified atom stereocenters. The number of sulfonamides is 2. The maximum absolute atomic E-state index is 13.1. The molecule has 1 amide bonds. The molecular formula is C24H31N3O6S2. The van der Waals surface area contributed by atoms with Gasteiger partial charge in [-0.25, -0.2) is 16.8 Å². The van der Waals surface area contributed by atoms with E-state index in [1.54, 1.807) is 29.2 Å². The van der Waals surface area contributed by atoms with Gasteiger partial charge in [-0.05, 0) is 41.8 Å². The van der Waals surface area contributed by atoms with Crippen LogP contribution in [0.15, 0.2) is 58.3 Å². The summed E-state index contributed by atoms with van der Waals surface area (Å²) in [6, 6.07) is 12.9. The van der Waals surface area contributed by atoms with E-state index in [1.165, 1.54) is 20.7 Å². The van der Waals surface area contributed by atoms with Crippen molar-refractivity contribution in [3.05, 3.63) is 59.7 Å². The van der Waals surface area contributed by atoms with Crippen molar-refractivity contribution in [3.8, 4) is 0 Å². The fourth-order valence-corrected chi connectivity index (χ4v) is 7.09. The number of hydrogen-bond acceptors (Lipinski definition) is 6. The van der Waals surface area contributed by atoms with Crippen LogP contribution in [0.25, 0.3) is 0 Å². The molecule has 4 rings (SSSR count). The van der Waals surface area contributed by atoms with Crippen molar-refractivity contribution in [1.29, 1.82) is 0 Å². The molecule has 2 aliphatic rings. The molecule has 9 nitrogen and oxygen atoms in total. The third-order valence-electron chi connectivity index (χ3n) is 6.40. The first-order chi connectivity index (χ1) is 16.6. The minimum absolute atomic E-state index is 0.0660. The molecule has 2 aromatic carbocycles. The van der Waals surface area contributed by atoms with Gasteiger partial charge in [0.05, 0.1) is 23.0 Å². The fourth-order valence-electron chi connectivity index (χ4n) is 4.21. The predicted molar refractivity (Wildman–Crippen MR) is 131 cm³/mol. The lowest BCUT2D eigenvalue weighted by Gasteiger charge is -2.34. The van der Waals surface area contributed by atoms with E-state index in [9.17, 15) is 21.6 Å². The summed E-state index contributed by atoms with van der Waals surface area (Å²) < 4.78 is 60.0. The first kappa shape index (κ1) is 25.8. The molecule has 35 heavy (non-hydrogen) atoms. The molecular weight excluding hydrogens is 490 g/mol. The highest BCUT2D eigenvalue weighted by molar-refractivity contribution is 7.89. The Morgan fingerprint density at radius 2 is 1.34 bits per heavy atom. The monoisotopic (exact) mass is 521 g/mol. The second-order valence-corrected chi connectivity index (χ2v) is 12.8. The number of nitrogens with zero attached hydrogens (tertiary/aromatic N) is 3. The molecule has 0 bridgehead atoms. The SMILES string of the molecule is CC(C)c1ccc(S(=O)(=O)N2CCN(C(=O)c3cccc(S(=O)(=O)N4CCOCC4)c3)CC2)cc1. The lowest BCUT2D eigenvalue weighted by atomic mass is 10.0. The first-order valence-corrected chi connectivity index (χ1v) is 14.6. The van der Waals surface area contributed by atoms with Crippen molar-refractivity contribution in [2.24, 2.45) is 0 Å². The zero-order valence-corrected chi connectivity index (χ0v) is 21.6. The Bertz CT molecular complexity index is 1260. The van der Waals surface area contributed by atoms with Crippen LogP contribution in [-0.2, 0) is 24.8 Å². The van der Waals surface area contributed by atoms with E-state index < -0.39 is 20.0 Å². The van der Waals surface area contributed by atoms with E-state index in [1.807, 2.05) is 26.0 Å². The average molecular weight is 522 g/mol. The third-order valence-corrected chi connectivity index (χ3v) is 10.2. The number of amides is 1. The maximum atomic E-state index is 13.1. The van der Waals surface area contributed by atoms with Crippen molar-refractivity contribution >= 4 is 26.0 Å². The molecule has 190 valence electrons. The number of carbonyl (C=O) groups is 1. The quantitative estimate of drug-likeness (QED) is 0.576.